The number of carbonyl (C=O) groups excluding carboxylic acids is 2. The van der Waals surface area contributed by atoms with Gasteiger partial charge in [0.1, 0.15) is 18.6 Å². The smallest absolute Gasteiger partial charge is 0.320 e. The molecule has 28 heavy (non-hydrogen) atoms. The van der Waals surface area contributed by atoms with Crippen molar-refractivity contribution in [2.24, 2.45) is 0 Å². The van der Waals surface area contributed by atoms with E-state index in [1.165, 1.54) is 4.90 Å². The van der Waals surface area contributed by atoms with E-state index in [2.05, 4.69) is 16.0 Å². The lowest BCUT2D eigenvalue weighted by atomic mass is 9.81. The van der Waals surface area contributed by atoms with Gasteiger partial charge in [0.25, 0.3) is 0 Å². The molecular formula is C21H33N4O3+. The van der Waals surface area contributed by atoms with E-state index in [1.807, 2.05) is 30.3 Å². The summed E-state index contributed by atoms with van der Waals surface area (Å²) in [7, 11) is 0. The molecule has 7 heteroatoms. The summed E-state index contributed by atoms with van der Waals surface area (Å²) in [6, 6.07) is 8.99. The molecule has 0 atom stereocenters. The number of urea groups is 1. The van der Waals surface area contributed by atoms with E-state index in [4.69, 9.17) is 4.74 Å². The Morgan fingerprint density at radius 3 is 2.46 bits per heavy atom. The predicted molar refractivity (Wildman–Crippen MR) is 108 cm³/mol. The van der Waals surface area contributed by atoms with Gasteiger partial charge in [0.15, 0.2) is 0 Å². The zero-order valence-corrected chi connectivity index (χ0v) is 16.6. The number of hydrogen-bond donors (Lipinski definition) is 4. The van der Waals surface area contributed by atoms with Crippen LogP contribution in [-0.2, 0) is 9.53 Å². The molecule has 3 rings (SSSR count). The highest BCUT2D eigenvalue weighted by molar-refractivity contribution is 5.96. The number of quaternary nitrogens is 1. The number of benzene rings is 1. The summed E-state index contributed by atoms with van der Waals surface area (Å²) in [6.45, 7) is 5.42. The molecule has 1 saturated heterocycles. The number of amides is 3. The minimum Gasteiger partial charge on any atom is -0.370 e. The van der Waals surface area contributed by atoms with E-state index < -0.39 is 5.54 Å². The minimum atomic E-state index is -0.803. The SMILES string of the molecule is O=C(Nc1ccccc1)NC1(C(=O)NCCC[NH+]2CCOCC2)CCCCC1. The lowest BCUT2D eigenvalue weighted by molar-refractivity contribution is -0.908. The van der Waals surface area contributed by atoms with Gasteiger partial charge in [-0.2, -0.15) is 0 Å². The van der Waals surface area contributed by atoms with Gasteiger partial charge in [0.2, 0.25) is 5.91 Å². The number of carbonyl (C=O) groups is 2. The molecule has 2 aliphatic rings. The fourth-order valence-electron chi connectivity index (χ4n) is 4.08. The monoisotopic (exact) mass is 389 g/mol. The molecular weight excluding hydrogens is 356 g/mol. The second kappa shape index (κ2) is 10.4. The van der Waals surface area contributed by atoms with Crippen molar-refractivity contribution in [2.45, 2.75) is 44.1 Å². The Bertz CT molecular complexity index is 626. The molecule has 0 aromatic heterocycles. The summed E-state index contributed by atoms with van der Waals surface area (Å²) in [5, 5.41) is 8.90. The molecule has 0 spiro atoms. The van der Waals surface area contributed by atoms with Crippen LogP contribution in [0.2, 0.25) is 0 Å². The molecule has 0 radical (unpaired) electrons. The molecule has 2 fully saturated rings. The highest BCUT2D eigenvalue weighted by Crippen LogP contribution is 2.28. The van der Waals surface area contributed by atoms with Crippen LogP contribution in [0, 0.1) is 0 Å². The van der Waals surface area contributed by atoms with Crippen molar-refractivity contribution >= 4 is 17.6 Å². The number of rotatable bonds is 7. The van der Waals surface area contributed by atoms with Crippen LogP contribution >= 0.6 is 0 Å². The molecule has 1 aliphatic carbocycles. The summed E-state index contributed by atoms with van der Waals surface area (Å²) in [4.78, 5) is 27.0. The first-order chi connectivity index (χ1) is 13.7. The van der Waals surface area contributed by atoms with Crippen molar-refractivity contribution in [1.82, 2.24) is 10.6 Å². The zero-order chi connectivity index (χ0) is 19.7. The van der Waals surface area contributed by atoms with Crippen LogP contribution in [0.25, 0.3) is 0 Å². The molecule has 1 aliphatic heterocycles. The normalized spacial score (nSPS) is 19.6. The highest BCUT2D eigenvalue weighted by atomic mass is 16.5. The fraction of sp³-hybridized carbons (Fsp3) is 0.619. The van der Waals surface area contributed by atoms with E-state index in [9.17, 15) is 9.59 Å². The van der Waals surface area contributed by atoms with Gasteiger partial charge in [0.05, 0.1) is 19.8 Å². The molecule has 1 heterocycles. The van der Waals surface area contributed by atoms with E-state index in [-0.39, 0.29) is 11.9 Å². The Labute approximate surface area is 167 Å². The summed E-state index contributed by atoms with van der Waals surface area (Å²) in [5.41, 5.74) is -0.0806. The third kappa shape index (κ3) is 5.94. The quantitative estimate of drug-likeness (QED) is 0.524. The molecule has 1 saturated carbocycles. The van der Waals surface area contributed by atoms with Crippen LogP contribution in [0.15, 0.2) is 30.3 Å². The topological polar surface area (TPSA) is 83.9 Å². The molecule has 0 unspecified atom stereocenters. The Morgan fingerprint density at radius 1 is 1.04 bits per heavy atom. The zero-order valence-electron chi connectivity index (χ0n) is 16.6. The largest absolute Gasteiger partial charge is 0.370 e. The Balaban J connectivity index is 1.49. The van der Waals surface area contributed by atoms with Gasteiger partial charge in [-0.1, -0.05) is 37.5 Å². The van der Waals surface area contributed by atoms with Crippen molar-refractivity contribution in [1.29, 1.82) is 0 Å². The summed E-state index contributed by atoms with van der Waals surface area (Å²) < 4.78 is 5.38. The molecule has 1 aromatic rings. The average molecular weight is 390 g/mol. The Morgan fingerprint density at radius 2 is 1.75 bits per heavy atom. The lowest BCUT2D eigenvalue weighted by Crippen LogP contribution is -3.14. The van der Waals surface area contributed by atoms with E-state index in [1.54, 1.807) is 0 Å². The number of hydrogen-bond acceptors (Lipinski definition) is 3. The lowest BCUT2D eigenvalue weighted by Gasteiger charge is -2.36. The second-order valence-electron chi connectivity index (χ2n) is 7.81. The van der Waals surface area contributed by atoms with E-state index >= 15 is 0 Å². The summed E-state index contributed by atoms with van der Waals surface area (Å²) in [5.74, 6) is -0.0487. The molecule has 1 aromatic carbocycles. The van der Waals surface area contributed by atoms with Crippen molar-refractivity contribution in [3.63, 3.8) is 0 Å². The van der Waals surface area contributed by atoms with Crippen LogP contribution in [0.1, 0.15) is 38.5 Å². The van der Waals surface area contributed by atoms with Crippen LogP contribution in [-0.4, -0.2) is 56.9 Å². The number of nitrogens with one attached hydrogen (secondary N) is 4. The van der Waals surface area contributed by atoms with Gasteiger partial charge in [0, 0.05) is 18.7 Å². The molecule has 3 amide bonds. The van der Waals surface area contributed by atoms with Gasteiger partial charge >= 0.3 is 6.03 Å². The van der Waals surface area contributed by atoms with Crippen molar-refractivity contribution in [2.75, 3.05) is 44.7 Å². The Kier molecular flexibility index (Phi) is 7.68. The van der Waals surface area contributed by atoms with E-state index in [0.29, 0.717) is 19.4 Å². The van der Waals surface area contributed by atoms with Crippen LogP contribution in [0.4, 0.5) is 10.5 Å². The van der Waals surface area contributed by atoms with Gasteiger partial charge in [-0.15, -0.1) is 0 Å². The van der Waals surface area contributed by atoms with Crippen LogP contribution in [0.3, 0.4) is 0 Å². The maximum atomic E-state index is 13.0. The summed E-state index contributed by atoms with van der Waals surface area (Å²) in [6.07, 6.45) is 5.34. The minimum absolute atomic E-state index is 0.0487. The first-order valence-corrected chi connectivity index (χ1v) is 10.5. The van der Waals surface area contributed by atoms with Crippen LogP contribution in [0.5, 0.6) is 0 Å². The number of ether oxygens (including phenoxy) is 1. The second-order valence-corrected chi connectivity index (χ2v) is 7.81. The van der Waals surface area contributed by atoms with Gasteiger partial charge in [-0.25, -0.2) is 4.79 Å². The first kappa shape index (κ1) is 20.6. The molecule has 0 bridgehead atoms. The van der Waals surface area contributed by atoms with Gasteiger partial charge in [-0.05, 0) is 25.0 Å². The van der Waals surface area contributed by atoms with Crippen molar-refractivity contribution in [3.05, 3.63) is 30.3 Å². The first-order valence-electron chi connectivity index (χ1n) is 10.5. The number of para-hydroxylation sites is 1. The molecule has 4 N–H and O–H groups in total. The standard InChI is InChI=1S/C21H32N4O3/c26-19(22-12-7-13-25-14-16-28-17-15-25)21(10-5-2-6-11-21)24-20(27)23-18-8-3-1-4-9-18/h1,3-4,8-9H,2,5-7,10-17H2,(H,22,26)(H2,23,24,27)/p+1. The third-order valence-electron chi connectivity index (χ3n) is 5.72. The van der Waals surface area contributed by atoms with Gasteiger partial charge < -0.3 is 25.6 Å². The van der Waals surface area contributed by atoms with Crippen LogP contribution < -0.4 is 20.9 Å². The third-order valence-corrected chi connectivity index (χ3v) is 5.72. The summed E-state index contributed by atoms with van der Waals surface area (Å²) >= 11 is 0. The number of anilines is 1. The number of morpholine rings is 1. The molecule has 7 nitrogen and oxygen atoms in total. The average Bonchev–Trinajstić information content (AvgIpc) is 2.73. The van der Waals surface area contributed by atoms with Gasteiger partial charge in [-0.3, -0.25) is 4.79 Å². The predicted octanol–water partition coefficient (Wildman–Crippen LogP) is 0.932. The van der Waals surface area contributed by atoms with Crippen molar-refractivity contribution < 1.29 is 19.2 Å². The maximum Gasteiger partial charge on any atom is 0.320 e. The Hall–Kier alpha value is -2.12. The maximum absolute atomic E-state index is 13.0. The highest BCUT2D eigenvalue weighted by Gasteiger charge is 2.40. The van der Waals surface area contributed by atoms with Crippen molar-refractivity contribution in [3.8, 4) is 0 Å². The fourth-order valence-corrected chi connectivity index (χ4v) is 4.08. The molecule has 154 valence electrons. The van der Waals surface area contributed by atoms with E-state index in [0.717, 1.165) is 64.2 Å².